The van der Waals surface area contributed by atoms with Gasteiger partial charge in [-0.2, -0.15) is 0 Å². The van der Waals surface area contributed by atoms with Crippen LogP contribution in [0.3, 0.4) is 0 Å². The molecule has 0 atom stereocenters. The molecule has 7 heteroatoms. The molecule has 3 amide bonds. The molecule has 1 aliphatic heterocycles. The van der Waals surface area contributed by atoms with Gasteiger partial charge in [-0.25, -0.2) is 9.59 Å². The molecule has 0 aromatic heterocycles. The molecule has 4 N–H and O–H groups in total. The van der Waals surface area contributed by atoms with Crippen LogP contribution in [0.2, 0.25) is 0 Å². The van der Waals surface area contributed by atoms with Gasteiger partial charge in [0.1, 0.15) is 5.54 Å². The van der Waals surface area contributed by atoms with Crippen LogP contribution in [-0.2, 0) is 11.3 Å². The molecule has 7 nitrogen and oxygen atoms in total. The third-order valence-electron chi connectivity index (χ3n) is 3.17. The molecule has 106 valence electrons. The molecule has 1 fully saturated rings. The first kappa shape index (κ1) is 13.9. The minimum atomic E-state index is -1.19. The molecule has 1 heterocycles. The van der Waals surface area contributed by atoms with Crippen LogP contribution >= 0.6 is 0 Å². The van der Waals surface area contributed by atoms with Crippen LogP contribution in [0.15, 0.2) is 18.2 Å². The largest absolute Gasteiger partial charge is 0.478 e. The molecule has 0 unspecified atom stereocenters. The number of carbonyl (C=O) groups excluding carboxylic acids is 2. The van der Waals surface area contributed by atoms with Crippen molar-refractivity contribution < 1.29 is 19.5 Å². The molecule has 0 bridgehead atoms. The van der Waals surface area contributed by atoms with Crippen molar-refractivity contribution in [3.05, 3.63) is 29.3 Å². The summed E-state index contributed by atoms with van der Waals surface area (Å²) in [5, 5.41) is 11.7. The first-order valence-corrected chi connectivity index (χ1v) is 5.99. The topological polar surface area (TPSA) is 113 Å². The van der Waals surface area contributed by atoms with Crippen molar-refractivity contribution in [2.75, 3.05) is 5.73 Å². The van der Waals surface area contributed by atoms with E-state index in [0.717, 1.165) is 4.90 Å². The normalized spacial score (nSPS) is 17.2. The summed E-state index contributed by atoms with van der Waals surface area (Å²) in [5.41, 5.74) is 4.98. The van der Waals surface area contributed by atoms with E-state index in [0.29, 0.717) is 5.56 Å². The van der Waals surface area contributed by atoms with Gasteiger partial charge >= 0.3 is 12.0 Å². The molecular formula is C13H15N3O4. The number of nitrogen functional groups attached to an aromatic ring is 1. The highest BCUT2D eigenvalue weighted by atomic mass is 16.4. The molecule has 20 heavy (non-hydrogen) atoms. The molecule has 1 saturated heterocycles. The Morgan fingerprint density at radius 2 is 2.05 bits per heavy atom. The predicted molar refractivity (Wildman–Crippen MR) is 71.0 cm³/mol. The van der Waals surface area contributed by atoms with E-state index < -0.39 is 23.4 Å². The van der Waals surface area contributed by atoms with Gasteiger partial charge in [-0.05, 0) is 25.5 Å². The number of carbonyl (C=O) groups is 3. The molecule has 0 spiro atoms. The third-order valence-corrected chi connectivity index (χ3v) is 3.17. The number of anilines is 1. The number of hydrogen-bond acceptors (Lipinski definition) is 4. The lowest BCUT2D eigenvalue weighted by atomic mass is 10.0. The van der Waals surface area contributed by atoms with Crippen LogP contribution in [-0.4, -0.2) is 33.5 Å². The fourth-order valence-corrected chi connectivity index (χ4v) is 2.14. The van der Waals surface area contributed by atoms with E-state index in [1.165, 1.54) is 12.1 Å². The van der Waals surface area contributed by atoms with Crippen LogP contribution in [0.1, 0.15) is 29.8 Å². The Morgan fingerprint density at radius 3 is 2.55 bits per heavy atom. The number of rotatable bonds is 3. The number of nitrogens with one attached hydrogen (secondary N) is 1. The standard InChI is InChI=1S/C13H15N3O4/c1-13(2)11(19)16(12(20)15-13)6-7-4-3-5-8(14)9(7)10(17)18/h3-5H,6,14H2,1-2H3,(H,15,20)(H,17,18). The van der Waals surface area contributed by atoms with E-state index >= 15 is 0 Å². The van der Waals surface area contributed by atoms with Gasteiger partial charge in [-0.3, -0.25) is 9.69 Å². The second-order valence-electron chi connectivity index (χ2n) is 5.13. The molecule has 1 aliphatic rings. The van der Waals surface area contributed by atoms with E-state index in [2.05, 4.69) is 5.32 Å². The SMILES string of the molecule is CC1(C)NC(=O)N(Cc2cccc(N)c2C(=O)O)C1=O. The fourth-order valence-electron chi connectivity index (χ4n) is 2.14. The molecule has 2 rings (SSSR count). The summed E-state index contributed by atoms with van der Waals surface area (Å²) in [6.45, 7) is 3.05. The van der Waals surface area contributed by atoms with Crippen molar-refractivity contribution in [2.45, 2.75) is 25.9 Å². The van der Waals surface area contributed by atoms with Crippen molar-refractivity contribution in [3.8, 4) is 0 Å². The summed E-state index contributed by atoms with van der Waals surface area (Å²) in [7, 11) is 0. The average molecular weight is 277 g/mol. The molecule has 0 saturated carbocycles. The van der Waals surface area contributed by atoms with Gasteiger partial charge in [0.2, 0.25) is 0 Å². The lowest BCUT2D eigenvalue weighted by molar-refractivity contribution is -0.130. The zero-order valence-electron chi connectivity index (χ0n) is 11.1. The zero-order valence-corrected chi connectivity index (χ0v) is 11.1. The number of aromatic carboxylic acids is 1. The van der Waals surface area contributed by atoms with Crippen LogP contribution in [0.5, 0.6) is 0 Å². The highest BCUT2D eigenvalue weighted by Crippen LogP contribution is 2.23. The van der Waals surface area contributed by atoms with Gasteiger partial charge < -0.3 is 16.2 Å². The quantitative estimate of drug-likeness (QED) is 0.558. The van der Waals surface area contributed by atoms with Crippen molar-refractivity contribution in [2.24, 2.45) is 0 Å². The van der Waals surface area contributed by atoms with E-state index in [1.807, 2.05) is 0 Å². The molecule has 0 radical (unpaired) electrons. The second kappa shape index (κ2) is 4.52. The number of carboxylic acid groups (broad SMARTS) is 1. The van der Waals surface area contributed by atoms with Crippen LogP contribution in [0.25, 0.3) is 0 Å². The Hall–Kier alpha value is -2.57. The average Bonchev–Trinajstić information content (AvgIpc) is 2.51. The third kappa shape index (κ3) is 2.18. The summed E-state index contributed by atoms with van der Waals surface area (Å²) in [5.74, 6) is -1.59. The molecule has 1 aromatic rings. The van der Waals surface area contributed by atoms with Crippen LogP contribution in [0.4, 0.5) is 10.5 Å². The summed E-state index contributed by atoms with van der Waals surface area (Å²) in [4.78, 5) is 36.1. The van der Waals surface area contributed by atoms with E-state index in [4.69, 9.17) is 5.73 Å². The smallest absolute Gasteiger partial charge is 0.338 e. The first-order chi connectivity index (χ1) is 9.24. The van der Waals surface area contributed by atoms with Gasteiger partial charge in [0, 0.05) is 5.69 Å². The fraction of sp³-hybridized carbons (Fsp3) is 0.308. The van der Waals surface area contributed by atoms with Crippen molar-refractivity contribution in [1.82, 2.24) is 10.2 Å². The van der Waals surface area contributed by atoms with E-state index in [-0.39, 0.29) is 17.8 Å². The number of nitrogens with zero attached hydrogens (tertiary/aromatic N) is 1. The Balaban J connectivity index is 2.37. The van der Waals surface area contributed by atoms with Crippen LogP contribution < -0.4 is 11.1 Å². The Labute approximate surface area is 115 Å². The maximum absolute atomic E-state index is 12.1. The monoisotopic (exact) mass is 277 g/mol. The van der Waals surface area contributed by atoms with Gasteiger partial charge in [0.25, 0.3) is 5.91 Å². The maximum Gasteiger partial charge on any atom is 0.338 e. The number of amides is 3. The minimum Gasteiger partial charge on any atom is -0.478 e. The lowest BCUT2D eigenvalue weighted by Gasteiger charge is -2.17. The number of urea groups is 1. The van der Waals surface area contributed by atoms with Gasteiger partial charge in [0.05, 0.1) is 12.1 Å². The van der Waals surface area contributed by atoms with Crippen molar-refractivity contribution >= 4 is 23.6 Å². The highest BCUT2D eigenvalue weighted by molar-refractivity contribution is 6.06. The molecule has 1 aromatic carbocycles. The van der Waals surface area contributed by atoms with Crippen LogP contribution in [0, 0.1) is 0 Å². The summed E-state index contributed by atoms with van der Waals surface area (Å²) in [6, 6.07) is 4.04. The number of benzene rings is 1. The van der Waals surface area contributed by atoms with E-state index in [9.17, 15) is 19.5 Å². The summed E-state index contributed by atoms with van der Waals surface area (Å²) in [6.07, 6.45) is 0. The van der Waals surface area contributed by atoms with E-state index in [1.54, 1.807) is 19.9 Å². The molecule has 0 aliphatic carbocycles. The first-order valence-electron chi connectivity index (χ1n) is 5.99. The van der Waals surface area contributed by atoms with Gasteiger partial charge in [-0.15, -0.1) is 0 Å². The minimum absolute atomic E-state index is 0.0854. The second-order valence-corrected chi connectivity index (χ2v) is 5.13. The summed E-state index contributed by atoms with van der Waals surface area (Å²) < 4.78 is 0. The number of imide groups is 1. The van der Waals surface area contributed by atoms with Crippen molar-refractivity contribution in [1.29, 1.82) is 0 Å². The number of carboxylic acids is 1. The van der Waals surface area contributed by atoms with Gasteiger partial charge in [-0.1, -0.05) is 12.1 Å². The lowest BCUT2D eigenvalue weighted by Crippen LogP contribution is -2.40. The summed E-state index contributed by atoms with van der Waals surface area (Å²) >= 11 is 0. The predicted octanol–water partition coefficient (Wildman–Crippen LogP) is 0.797. The Kier molecular flexibility index (Phi) is 3.13. The molecular weight excluding hydrogens is 262 g/mol. The number of hydrogen-bond donors (Lipinski definition) is 3. The zero-order chi connectivity index (χ0) is 15.1. The number of nitrogens with two attached hydrogens (primary N) is 1. The Bertz CT molecular complexity index is 610. The van der Waals surface area contributed by atoms with Gasteiger partial charge in [0.15, 0.2) is 0 Å². The highest BCUT2D eigenvalue weighted by Gasteiger charge is 2.44. The Morgan fingerprint density at radius 1 is 1.40 bits per heavy atom. The maximum atomic E-state index is 12.1. The van der Waals surface area contributed by atoms with Crippen molar-refractivity contribution in [3.63, 3.8) is 0 Å².